The van der Waals surface area contributed by atoms with Crippen LogP contribution < -0.4 is 0 Å². The van der Waals surface area contributed by atoms with Gasteiger partial charge in [0.05, 0.1) is 103 Å². The lowest BCUT2D eigenvalue weighted by atomic mass is 9.77. The maximum atomic E-state index is 13.9. The number of benzene rings is 1. The standard InChI is InChI=1S/C77H122O31S/c1-13-58(102-63-35-76(12,95)74(45(11)101-63)105-62-27-25-59(44(10)100-62)103-75(94)42(8)68(91)46-22-24-53-54(29-46)57(85)28-38(4)64(53)87)39(5)66(89)40(6)67(90)41(7)69-43(9)70-71(106-70)55(83)19-15-18-48(79)30-50(81)31-51(82)32-52-34-60(108-109(97,98)99)72(92)77(96,107-52)73(93)65(88)37(3)20-23-47(78)16-14-17-49(80)33-56(84)36(2)21-26-61(86)104-69/h21-22,24,26,28-29,36-37,39-45,47-52,55-56,58-60,62-63,65-72,74,78-84,88-92,95-96H,13-20,23,25,27,30-35H2,1-12H3,(H,97,98,99). The second-order valence-corrected chi connectivity index (χ2v) is 33.3. The van der Waals surface area contributed by atoms with E-state index in [1.165, 1.54) is 44.2 Å². The van der Waals surface area contributed by atoms with Gasteiger partial charge in [0.2, 0.25) is 5.78 Å². The minimum Gasteiger partial charge on any atom is -0.459 e. The molecule has 0 radical (unpaired) electrons. The van der Waals surface area contributed by atoms with Crippen molar-refractivity contribution in [2.24, 2.45) is 41.4 Å². The largest absolute Gasteiger partial charge is 0.459 e. The summed E-state index contributed by atoms with van der Waals surface area (Å²) in [7, 11) is -5.33. The number of cyclic esters (lactones) is 1. The number of fused-ring (bicyclic) bond motifs is 4. The third-order valence-corrected chi connectivity index (χ3v) is 23.6. The number of esters is 2. The first kappa shape index (κ1) is 91.9. The van der Waals surface area contributed by atoms with Crippen LogP contribution in [-0.4, -0.2) is 266 Å². The normalized spacial score (nSPS) is 39.6. The summed E-state index contributed by atoms with van der Waals surface area (Å²) in [5.41, 5.74) is -0.625. The molecule has 5 aliphatic heterocycles. The topological polar surface area (TPSA) is 509 Å². The lowest BCUT2D eigenvalue weighted by Crippen LogP contribution is -2.65. The van der Waals surface area contributed by atoms with Gasteiger partial charge in [-0.25, -0.2) is 8.98 Å². The number of Topliss-reactive ketones (excluding diaryl/α,β-unsaturated/α-hetero) is 2. The number of carbonyl (C=O) groups excluding carboxylic acids is 5. The molecule has 6 aliphatic rings. The van der Waals surface area contributed by atoms with Crippen molar-refractivity contribution in [1.29, 1.82) is 0 Å². The smallest absolute Gasteiger partial charge is 0.397 e. The lowest BCUT2D eigenvalue weighted by Gasteiger charge is -2.47. The minimum absolute atomic E-state index is 0.00269. The Morgan fingerprint density at radius 1 is 0.679 bits per heavy atom. The predicted molar refractivity (Wildman–Crippen MR) is 386 cm³/mol. The van der Waals surface area contributed by atoms with Crippen LogP contribution in [0.2, 0.25) is 0 Å². The second-order valence-electron chi connectivity index (χ2n) is 32.2. The minimum atomic E-state index is -5.33. The van der Waals surface area contributed by atoms with Crippen LogP contribution >= 0.6 is 0 Å². The molecule has 32 heteroatoms. The van der Waals surface area contributed by atoms with E-state index in [1.54, 1.807) is 62.3 Å². The first-order valence-corrected chi connectivity index (χ1v) is 40.0. The zero-order valence-corrected chi connectivity index (χ0v) is 65.3. The van der Waals surface area contributed by atoms with E-state index in [0.717, 1.165) is 6.08 Å². The zero-order chi connectivity index (χ0) is 81.2. The Balaban J connectivity index is 0.959. The monoisotopic (exact) mass is 1570 g/mol. The maximum absolute atomic E-state index is 13.9. The summed E-state index contributed by atoms with van der Waals surface area (Å²) in [6, 6.07) is 4.38. The summed E-state index contributed by atoms with van der Waals surface area (Å²) in [6.07, 6.45) is -25.4. The Hall–Kier alpha value is -4.28. The van der Waals surface area contributed by atoms with Gasteiger partial charge in [-0.05, 0) is 154 Å². The van der Waals surface area contributed by atoms with Gasteiger partial charge in [0.1, 0.15) is 42.7 Å². The van der Waals surface area contributed by atoms with Crippen molar-refractivity contribution in [3.8, 4) is 0 Å². The van der Waals surface area contributed by atoms with Gasteiger partial charge in [0.25, 0.3) is 5.79 Å². The second kappa shape index (κ2) is 39.8. The summed E-state index contributed by atoms with van der Waals surface area (Å²) in [5, 5.41) is 159. The number of aliphatic hydroxyl groups is 14. The quantitative estimate of drug-likeness (QED) is 0.0605. The molecule has 15 N–H and O–H groups in total. The van der Waals surface area contributed by atoms with Crippen molar-refractivity contribution in [3.05, 3.63) is 58.7 Å². The van der Waals surface area contributed by atoms with E-state index in [0.29, 0.717) is 18.4 Å². The Morgan fingerprint density at radius 3 is 1.94 bits per heavy atom. The van der Waals surface area contributed by atoms with Crippen LogP contribution in [-0.2, 0) is 66.9 Å². The molecule has 7 rings (SSSR count). The summed E-state index contributed by atoms with van der Waals surface area (Å²) < 4.78 is 86.8. The molecule has 622 valence electrons. The van der Waals surface area contributed by atoms with E-state index in [4.69, 9.17) is 37.9 Å². The molecule has 4 saturated heterocycles. The number of ether oxygens (including phenoxy) is 8. The number of rotatable bonds is 17. The number of allylic oxidation sites excluding steroid dienone is 2. The molecular formula is C77H122O31S. The number of aliphatic hydroxyl groups excluding tert-OH is 12. The molecule has 1 aromatic carbocycles. The average Bonchev–Trinajstić information content (AvgIpc) is 1.04. The van der Waals surface area contributed by atoms with Gasteiger partial charge in [-0.15, -0.1) is 0 Å². The van der Waals surface area contributed by atoms with Gasteiger partial charge in [0.15, 0.2) is 24.1 Å². The molecule has 2 bridgehead atoms. The van der Waals surface area contributed by atoms with Crippen LogP contribution in [0.15, 0.2) is 42.0 Å². The molecule has 4 fully saturated rings. The van der Waals surface area contributed by atoms with Gasteiger partial charge in [-0.2, -0.15) is 8.42 Å². The fraction of sp³-hybridized carbons (Fsp3) is 0.805. The summed E-state index contributed by atoms with van der Waals surface area (Å²) in [6.45, 7) is 19.6. The Kier molecular flexibility index (Phi) is 33.6. The van der Waals surface area contributed by atoms with Crippen LogP contribution in [0.5, 0.6) is 0 Å². The summed E-state index contributed by atoms with van der Waals surface area (Å²) >= 11 is 0. The number of epoxide rings is 1. The highest BCUT2D eigenvalue weighted by Crippen LogP contribution is 2.43. The molecule has 0 saturated carbocycles. The summed E-state index contributed by atoms with van der Waals surface area (Å²) in [5.74, 6) is -13.1. The number of hydrogen-bond donors (Lipinski definition) is 15. The van der Waals surface area contributed by atoms with Crippen molar-refractivity contribution >= 4 is 39.7 Å². The van der Waals surface area contributed by atoms with E-state index in [2.05, 4.69) is 4.18 Å². The van der Waals surface area contributed by atoms with Crippen LogP contribution in [0.3, 0.4) is 0 Å². The van der Waals surface area contributed by atoms with Crippen LogP contribution in [0.1, 0.15) is 225 Å². The Morgan fingerprint density at radius 2 is 1.30 bits per heavy atom. The van der Waals surface area contributed by atoms with Crippen molar-refractivity contribution < 1.29 is 151 Å². The molecule has 33 unspecified atom stereocenters. The van der Waals surface area contributed by atoms with Crippen LogP contribution in [0, 0.1) is 41.4 Å². The third-order valence-electron chi connectivity index (χ3n) is 23.1. The Labute approximate surface area is 638 Å². The maximum Gasteiger partial charge on any atom is 0.397 e. The van der Waals surface area contributed by atoms with Crippen molar-refractivity contribution in [2.75, 3.05) is 0 Å². The highest BCUT2D eigenvalue weighted by Gasteiger charge is 2.58. The van der Waals surface area contributed by atoms with Gasteiger partial charge in [0, 0.05) is 71.6 Å². The molecule has 1 aliphatic carbocycles. The fourth-order valence-electron chi connectivity index (χ4n) is 16.0. The number of ketones is 3. The van der Waals surface area contributed by atoms with Gasteiger partial charge in [-0.1, -0.05) is 60.6 Å². The molecule has 0 aromatic heterocycles. The summed E-state index contributed by atoms with van der Waals surface area (Å²) in [4.78, 5) is 66.5. The highest BCUT2D eigenvalue weighted by molar-refractivity contribution is 7.80. The van der Waals surface area contributed by atoms with Gasteiger partial charge in [-0.3, -0.25) is 23.7 Å². The predicted octanol–water partition coefficient (Wildman–Crippen LogP) is 3.14. The van der Waals surface area contributed by atoms with Crippen molar-refractivity contribution in [3.63, 3.8) is 0 Å². The average molecular weight is 1580 g/mol. The molecule has 31 nitrogen and oxygen atoms in total. The Bertz CT molecular complexity index is 3330. The SMILES string of the molecule is CCC(OC1CC(C)(O)C(OC2CCC(OC(=O)C(C)C(O)c3ccc4c(c3)C(=O)C=C(C)C4=O)C(C)O2)C(C)O1)C(C)C(O)C(C)C(O)C(C)C1OC(=O)C=CC(C)C(O)CC(O)CCCC(O)CCC(C)C(O)C(=O)C2(O)OC(CC(O)CC(O)CC(O)CCCC(O)C3OC3C1C)CC(OS(=O)(=O)O)C2O. The van der Waals surface area contributed by atoms with E-state index < -0.39 is 247 Å². The van der Waals surface area contributed by atoms with E-state index in [9.17, 15) is 108 Å². The molecule has 1 aromatic rings. The molecule has 33 atom stereocenters. The van der Waals surface area contributed by atoms with Crippen LogP contribution in [0.25, 0.3) is 0 Å². The zero-order valence-electron chi connectivity index (χ0n) is 64.5. The highest BCUT2D eigenvalue weighted by atomic mass is 32.3. The lowest BCUT2D eigenvalue weighted by molar-refractivity contribution is -0.330. The molecule has 109 heavy (non-hydrogen) atoms. The van der Waals surface area contributed by atoms with E-state index in [1.807, 2.05) is 6.92 Å². The molecule has 5 heterocycles. The number of hydrogen-bond acceptors (Lipinski definition) is 30. The van der Waals surface area contributed by atoms with E-state index >= 15 is 0 Å². The van der Waals surface area contributed by atoms with Crippen molar-refractivity contribution in [1.82, 2.24) is 0 Å². The fourth-order valence-corrected chi connectivity index (χ4v) is 16.5. The van der Waals surface area contributed by atoms with Gasteiger partial charge < -0.3 is 109 Å². The van der Waals surface area contributed by atoms with E-state index in [-0.39, 0.29) is 105 Å². The van der Waals surface area contributed by atoms with Gasteiger partial charge >= 0.3 is 22.3 Å². The molecule has 0 amide bonds. The number of carbonyl (C=O) groups is 5. The molecular weight excluding hydrogens is 1450 g/mol. The van der Waals surface area contributed by atoms with Crippen LogP contribution in [0.4, 0.5) is 0 Å². The first-order valence-electron chi connectivity index (χ1n) is 38.6. The first-order chi connectivity index (χ1) is 50.9. The molecule has 0 spiro atoms. The van der Waals surface area contributed by atoms with Crippen molar-refractivity contribution in [2.45, 2.75) is 350 Å². The third kappa shape index (κ3) is 24.6.